The van der Waals surface area contributed by atoms with Crippen molar-refractivity contribution in [3.8, 4) is 0 Å². The fourth-order valence-corrected chi connectivity index (χ4v) is 5.36. The van der Waals surface area contributed by atoms with E-state index in [0.29, 0.717) is 16.3 Å². The molecular formula is C24H16FN3O2S3. The molecule has 5 rings (SSSR count). The Kier molecular flexibility index (Phi) is 5.84. The van der Waals surface area contributed by atoms with E-state index in [-0.39, 0.29) is 22.0 Å². The van der Waals surface area contributed by atoms with Gasteiger partial charge in [0.2, 0.25) is 0 Å². The maximum absolute atomic E-state index is 13.3. The van der Waals surface area contributed by atoms with E-state index in [1.807, 2.05) is 30.5 Å². The monoisotopic (exact) mass is 493 g/mol. The molecule has 0 spiro atoms. The molecule has 0 unspecified atom stereocenters. The van der Waals surface area contributed by atoms with Gasteiger partial charge in [-0.25, -0.2) is 4.39 Å². The van der Waals surface area contributed by atoms with Crippen LogP contribution >= 0.6 is 35.3 Å². The van der Waals surface area contributed by atoms with Crippen molar-refractivity contribution in [2.45, 2.75) is 6.54 Å². The van der Waals surface area contributed by atoms with Gasteiger partial charge in [0.1, 0.15) is 5.82 Å². The third kappa shape index (κ3) is 4.35. The Labute approximate surface area is 202 Å². The zero-order chi connectivity index (χ0) is 22.9. The molecule has 5 nitrogen and oxygen atoms in total. The molecule has 0 radical (unpaired) electrons. The van der Waals surface area contributed by atoms with Crippen LogP contribution in [-0.2, 0) is 11.3 Å². The van der Waals surface area contributed by atoms with E-state index in [1.165, 1.54) is 23.5 Å². The van der Waals surface area contributed by atoms with Gasteiger partial charge in [-0.2, -0.15) is 5.01 Å². The van der Waals surface area contributed by atoms with Crippen molar-refractivity contribution in [2.75, 3.05) is 0 Å². The Balaban J connectivity index is 1.44. The summed E-state index contributed by atoms with van der Waals surface area (Å²) in [4.78, 5) is 26.3. The smallest absolute Gasteiger partial charge is 0.285 e. The van der Waals surface area contributed by atoms with E-state index in [4.69, 9.17) is 12.2 Å². The Morgan fingerprint density at radius 1 is 1.09 bits per heavy atom. The lowest BCUT2D eigenvalue weighted by Gasteiger charge is -2.14. The molecule has 4 aromatic rings. The highest BCUT2D eigenvalue weighted by atomic mass is 32.2. The summed E-state index contributed by atoms with van der Waals surface area (Å²) >= 11 is 7.77. The summed E-state index contributed by atoms with van der Waals surface area (Å²) < 4.78 is 15.6. The normalized spacial score (nSPS) is 15.1. The van der Waals surface area contributed by atoms with Crippen LogP contribution in [-0.4, -0.2) is 25.7 Å². The van der Waals surface area contributed by atoms with Gasteiger partial charge in [-0.1, -0.05) is 48.2 Å². The summed E-state index contributed by atoms with van der Waals surface area (Å²) in [6, 6.07) is 17.7. The van der Waals surface area contributed by atoms with Crippen molar-refractivity contribution in [2.24, 2.45) is 0 Å². The van der Waals surface area contributed by atoms with Gasteiger partial charge >= 0.3 is 0 Å². The van der Waals surface area contributed by atoms with E-state index in [9.17, 15) is 14.0 Å². The maximum atomic E-state index is 13.3. The topological polar surface area (TPSA) is 54.3 Å². The van der Waals surface area contributed by atoms with Crippen molar-refractivity contribution in [1.82, 2.24) is 15.0 Å². The zero-order valence-electron chi connectivity index (χ0n) is 17.0. The van der Waals surface area contributed by atoms with E-state index < -0.39 is 0 Å². The molecule has 33 heavy (non-hydrogen) atoms. The first-order valence-electron chi connectivity index (χ1n) is 9.94. The lowest BCUT2D eigenvalue weighted by Crippen LogP contribution is -2.44. The van der Waals surface area contributed by atoms with Gasteiger partial charge in [-0.3, -0.25) is 15.0 Å². The van der Waals surface area contributed by atoms with Crippen LogP contribution in [0.15, 0.2) is 77.1 Å². The fourth-order valence-electron chi connectivity index (χ4n) is 3.58. The van der Waals surface area contributed by atoms with Gasteiger partial charge in [0.15, 0.2) is 4.32 Å². The number of benzene rings is 2. The second-order valence-electron chi connectivity index (χ2n) is 7.29. The predicted octanol–water partition coefficient (Wildman–Crippen LogP) is 5.44. The van der Waals surface area contributed by atoms with Crippen LogP contribution in [0.3, 0.4) is 0 Å². The van der Waals surface area contributed by atoms with Gasteiger partial charge < -0.3 is 4.57 Å². The first kappa shape index (κ1) is 21.6. The number of hydrogen-bond donors (Lipinski definition) is 1. The number of thiophene rings is 1. The van der Waals surface area contributed by atoms with Crippen molar-refractivity contribution in [3.63, 3.8) is 0 Å². The molecule has 0 saturated carbocycles. The first-order valence-corrected chi connectivity index (χ1v) is 12.0. The van der Waals surface area contributed by atoms with Crippen LogP contribution in [0, 0.1) is 5.82 Å². The van der Waals surface area contributed by atoms with Crippen molar-refractivity contribution < 1.29 is 14.0 Å². The molecule has 0 bridgehead atoms. The van der Waals surface area contributed by atoms with Gasteiger partial charge in [0.05, 0.1) is 9.78 Å². The molecule has 3 heterocycles. The minimum atomic E-state index is -0.376. The molecule has 0 aliphatic carbocycles. The average Bonchev–Trinajstić information content (AvgIpc) is 3.52. The van der Waals surface area contributed by atoms with E-state index >= 15 is 0 Å². The Morgan fingerprint density at radius 3 is 2.64 bits per heavy atom. The number of thioether (sulfide) groups is 1. The van der Waals surface area contributed by atoms with Crippen LogP contribution in [0.25, 0.3) is 17.0 Å². The third-order valence-electron chi connectivity index (χ3n) is 5.12. The van der Waals surface area contributed by atoms with E-state index in [0.717, 1.165) is 38.8 Å². The maximum Gasteiger partial charge on any atom is 0.285 e. The molecule has 2 amide bonds. The number of para-hydroxylation sites is 1. The second kappa shape index (κ2) is 8.93. The number of aromatic nitrogens is 1. The molecule has 1 fully saturated rings. The first-order chi connectivity index (χ1) is 16.0. The van der Waals surface area contributed by atoms with Gasteiger partial charge in [-0.15, -0.1) is 11.3 Å². The summed E-state index contributed by atoms with van der Waals surface area (Å²) in [5.74, 6) is -1.02. The number of hydrazine groups is 1. The Bertz CT molecular complexity index is 1410. The standard InChI is InChI=1S/C24H16FN3O2S3/c25-17-9-7-15(8-10-17)13-27-14-16(18-4-1-2-5-19(18)27)12-21-23(30)28(24(31)33-21)26-22(29)20-6-3-11-32-20/h1-12,14H,13H2,(H,26,29)/b21-12-. The average molecular weight is 494 g/mol. The van der Waals surface area contributed by atoms with Crippen LogP contribution in [0.5, 0.6) is 0 Å². The number of nitrogens with one attached hydrogen (secondary N) is 1. The van der Waals surface area contributed by atoms with Crippen LogP contribution in [0.1, 0.15) is 20.8 Å². The number of halogens is 1. The highest BCUT2D eigenvalue weighted by Crippen LogP contribution is 2.34. The third-order valence-corrected chi connectivity index (χ3v) is 7.29. The van der Waals surface area contributed by atoms with Gasteiger partial charge in [0, 0.05) is 29.2 Å². The number of fused-ring (bicyclic) bond motifs is 1. The molecule has 1 aliphatic rings. The molecule has 164 valence electrons. The number of amides is 2. The minimum Gasteiger partial charge on any atom is -0.342 e. The molecule has 1 aliphatic heterocycles. The van der Waals surface area contributed by atoms with E-state index in [2.05, 4.69) is 9.99 Å². The van der Waals surface area contributed by atoms with E-state index in [1.54, 1.807) is 35.7 Å². The number of carbonyl (C=O) groups excluding carboxylic acids is 2. The highest BCUT2D eigenvalue weighted by molar-refractivity contribution is 8.26. The zero-order valence-corrected chi connectivity index (χ0v) is 19.5. The molecular weight excluding hydrogens is 477 g/mol. The SMILES string of the molecule is O=C(NN1C(=O)/C(=C/c2cn(Cc3ccc(F)cc3)c3ccccc23)SC1=S)c1cccs1. The fraction of sp³-hybridized carbons (Fsp3) is 0.0417. The number of carbonyl (C=O) groups is 2. The quantitative estimate of drug-likeness (QED) is 0.297. The molecule has 2 aromatic heterocycles. The largest absolute Gasteiger partial charge is 0.342 e. The minimum absolute atomic E-state index is 0.270. The molecule has 1 saturated heterocycles. The summed E-state index contributed by atoms with van der Waals surface area (Å²) in [7, 11) is 0. The Morgan fingerprint density at radius 2 is 1.88 bits per heavy atom. The Hall–Kier alpha value is -3.27. The summed E-state index contributed by atoms with van der Waals surface area (Å²) in [6.07, 6.45) is 3.75. The predicted molar refractivity (Wildman–Crippen MR) is 134 cm³/mol. The van der Waals surface area contributed by atoms with Crippen molar-refractivity contribution >= 4 is 68.4 Å². The van der Waals surface area contributed by atoms with Crippen LogP contribution in [0.2, 0.25) is 0 Å². The van der Waals surface area contributed by atoms with Crippen LogP contribution in [0.4, 0.5) is 4.39 Å². The highest BCUT2D eigenvalue weighted by Gasteiger charge is 2.34. The summed E-state index contributed by atoms with van der Waals surface area (Å²) in [5, 5.41) is 3.89. The lowest BCUT2D eigenvalue weighted by atomic mass is 10.1. The van der Waals surface area contributed by atoms with Crippen molar-refractivity contribution in [3.05, 3.63) is 99.0 Å². The molecule has 9 heteroatoms. The number of hydrogen-bond acceptors (Lipinski definition) is 5. The molecule has 0 atom stereocenters. The summed E-state index contributed by atoms with van der Waals surface area (Å²) in [6.45, 7) is 0.562. The molecule has 2 aromatic carbocycles. The van der Waals surface area contributed by atoms with Gasteiger partial charge in [0.25, 0.3) is 11.8 Å². The van der Waals surface area contributed by atoms with Crippen molar-refractivity contribution in [1.29, 1.82) is 0 Å². The number of nitrogens with zero attached hydrogens (tertiary/aromatic N) is 2. The number of thiocarbonyl (C=S) groups is 1. The summed E-state index contributed by atoms with van der Waals surface area (Å²) in [5.41, 5.74) is 5.41. The van der Waals surface area contributed by atoms with Gasteiger partial charge in [-0.05, 0) is 53.5 Å². The molecule has 1 N–H and O–H groups in total. The second-order valence-corrected chi connectivity index (χ2v) is 9.91. The number of rotatable bonds is 5. The lowest BCUT2D eigenvalue weighted by molar-refractivity contribution is -0.123. The van der Waals surface area contributed by atoms with Crippen LogP contribution < -0.4 is 5.43 Å².